The molecule has 7 heteroatoms. The Labute approximate surface area is 151 Å². The molecule has 1 amide bonds. The Bertz CT molecular complexity index is 902. The van der Waals surface area contributed by atoms with Crippen molar-refractivity contribution in [3.8, 4) is 0 Å². The summed E-state index contributed by atoms with van der Waals surface area (Å²) in [4.78, 5) is 41.4. The zero-order valence-electron chi connectivity index (χ0n) is 15.1. The number of nitrogens with one attached hydrogen (secondary N) is 1. The topological polar surface area (TPSA) is 78.4 Å². The van der Waals surface area contributed by atoms with Gasteiger partial charge in [0.15, 0.2) is 0 Å². The summed E-state index contributed by atoms with van der Waals surface area (Å²) >= 11 is 0. The summed E-state index contributed by atoms with van der Waals surface area (Å²) in [6.45, 7) is 1.78. The first-order valence-corrected chi connectivity index (χ1v) is 8.75. The van der Waals surface area contributed by atoms with Crippen molar-refractivity contribution in [2.24, 2.45) is 0 Å². The van der Waals surface area contributed by atoms with Crippen LogP contribution in [-0.2, 0) is 24.3 Å². The molecule has 26 heavy (non-hydrogen) atoms. The number of hydrogen-bond donors (Lipinski definition) is 1. The molecule has 0 saturated heterocycles. The molecule has 0 radical (unpaired) electrons. The lowest BCUT2D eigenvalue weighted by molar-refractivity contribution is -0.130. The number of nitrogens with zero attached hydrogens (tertiary/aromatic N) is 3. The SMILES string of the molecule is CN(C[C@@H]1Cc2ccccc2CN1C)C(=O)CCn1ccc(=O)[nH]c1=O. The molecule has 1 aliphatic heterocycles. The Balaban J connectivity index is 1.57. The summed E-state index contributed by atoms with van der Waals surface area (Å²) in [7, 11) is 3.88. The standard InChI is InChI=1S/C19H24N4O3/c1-21-12-15-6-4-3-5-14(15)11-16(21)13-22(2)18(25)8-10-23-9-7-17(24)20-19(23)26/h3-7,9,16H,8,10-13H2,1-2H3,(H,20,24,26)/t16-/m0/s1. The summed E-state index contributed by atoms with van der Waals surface area (Å²) in [6.07, 6.45) is 2.55. The van der Waals surface area contributed by atoms with Crippen molar-refractivity contribution in [2.75, 3.05) is 20.6 Å². The number of amides is 1. The van der Waals surface area contributed by atoms with Crippen molar-refractivity contribution in [3.05, 3.63) is 68.5 Å². The molecule has 2 heterocycles. The first-order valence-electron chi connectivity index (χ1n) is 8.75. The van der Waals surface area contributed by atoms with E-state index in [1.807, 2.05) is 0 Å². The van der Waals surface area contributed by atoms with E-state index in [1.54, 1.807) is 11.9 Å². The van der Waals surface area contributed by atoms with Crippen LogP contribution in [0.2, 0.25) is 0 Å². The van der Waals surface area contributed by atoms with Crippen molar-refractivity contribution in [3.63, 3.8) is 0 Å². The lowest BCUT2D eigenvalue weighted by Gasteiger charge is -2.36. The van der Waals surface area contributed by atoms with Gasteiger partial charge in [-0.2, -0.15) is 0 Å². The summed E-state index contributed by atoms with van der Waals surface area (Å²) in [5.41, 5.74) is 1.76. The summed E-state index contributed by atoms with van der Waals surface area (Å²) in [6, 6.07) is 9.97. The van der Waals surface area contributed by atoms with E-state index in [9.17, 15) is 14.4 Å². The molecule has 3 rings (SSSR count). The van der Waals surface area contributed by atoms with E-state index in [-0.39, 0.29) is 24.9 Å². The average molecular weight is 356 g/mol. The predicted molar refractivity (Wildman–Crippen MR) is 99.0 cm³/mol. The lowest BCUT2D eigenvalue weighted by atomic mass is 9.94. The number of carbonyl (C=O) groups is 1. The van der Waals surface area contributed by atoms with Gasteiger partial charge >= 0.3 is 5.69 Å². The molecule has 0 unspecified atom stereocenters. The van der Waals surface area contributed by atoms with Crippen molar-refractivity contribution < 1.29 is 4.79 Å². The van der Waals surface area contributed by atoms with Crippen LogP contribution in [0.15, 0.2) is 46.1 Å². The van der Waals surface area contributed by atoms with Crippen molar-refractivity contribution in [1.29, 1.82) is 0 Å². The van der Waals surface area contributed by atoms with Gasteiger partial charge in [-0.15, -0.1) is 0 Å². The van der Waals surface area contributed by atoms with E-state index in [4.69, 9.17) is 0 Å². The average Bonchev–Trinajstić information content (AvgIpc) is 2.61. The van der Waals surface area contributed by atoms with E-state index in [0.717, 1.165) is 13.0 Å². The zero-order chi connectivity index (χ0) is 18.7. The number of rotatable bonds is 5. The fraction of sp³-hybridized carbons (Fsp3) is 0.421. The molecule has 0 aliphatic carbocycles. The van der Waals surface area contributed by atoms with E-state index < -0.39 is 11.2 Å². The van der Waals surface area contributed by atoms with Crippen LogP contribution in [0.4, 0.5) is 0 Å². The quantitative estimate of drug-likeness (QED) is 0.843. The monoisotopic (exact) mass is 356 g/mol. The maximum absolute atomic E-state index is 12.4. The molecule has 1 atom stereocenters. The van der Waals surface area contributed by atoms with Crippen LogP contribution < -0.4 is 11.2 Å². The molecule has 0 spiro atoms. The van der Waals surface area contributed by atoms with Crippen LogP contribution >= 0.6 is 0 Å². The van der Waals surface area contributed by atoms with Crippen LogP contribution in [-0.4, -0.2) is 51.9 Å². The molecule has 138 valence electrons. The number of likely N-dealkylation sites (N-methyl/N-ethyl adjacent to an activating group) is 2. The second-order valence-electron chi connectivity index (χ2n) is 6.87. The molecule has 1 aliphatic rings. The van der Waals surface area contributed by atoms with Gasteiger partial charge in [-0.3, -0.25) is 19.5 Å². The minimum Gasteiger partial charge on any atom is -0.344 e. The van der Waals surface area contributed by atoms with Gasteiger partial charge in [0.2, 0.25) is 5.91 Å². The third-order valence-electron chi connectivity index (χ3n) is 4.99. The molecule has 1 aromatic carbocycles. The molecule has 1 N–H and O–H groups in total. The first-order chi connectivity index (χ1) is 12.4. The van der Waals surface area contributed by atoms with E-state index in [2.05, 4.69) is 41.2 Å². The molecular weight excluding hydrogens is 332 g/mol. The number of benzene rings is 1. The Morgan fingerprint density at radius 3 is 2.69 bits per heavy atom. The summed E-state index contributed by atoms with van der Waals surface area (Å²) in [5.74, 6) is -0.0182. The molecule has 1 aromatic heterocycles. The third-order valence-corrected chi connectivity index (χ3v) is 4.99. The number of fused-ring (bicyclic) bond motifs is 1. The highest BCUT2D eigenvalue weighted by Gasteiger charge is 2.25. The first kappa shape index (κ1) is 18.1. The van der Waals surface area contributed by atoms with Crippen molar-refractivity contribution in [1.82, 2.24) is 19.4 Å². The van der Waals surface area contributed by atoms with Crippen LogP contribution in [0.3, 0.4) is 0 Å². The second kappa shape index (κ2) is 7.70. The molecule has 0 fully saturated rings. The van der Waals surface area contributed by atoms with Gasteiger partial charge in [0.25, 0.3) is 5.56 Å². The predicted octanol–water partition coefficient (Wildman–Crippen LogP) is 0.442. The summed E-state index contributed by atoms with van der Waals surface area (Å²) in [5, 5.41) is 0. The van der Waals surface area contributed by atoms with Gasteiger partial charge in [-0.1, -0.05) is 24.3 Å². The highest BCUT2D eigenvalue weighted by Crippen LogP contribution is 2.22. The van der Waals surface area contributed by atoms with Crippen LogP contribution in [0.25, 0.3) is 0 Å². The Morgan fingerprint density at radius 2 is 1.96 bits per heavy atom. The van der Waals surface area contributed by atoms with E-state index >= 15 is 0 Å². The number of hydrogen-bond acceptors (Lipinski definition) is 4. The van der Waals surface area contributed by atoms with Gasteiger partial charge in [0, 0.05) is 51.4 Å². The number of aromatic amines is 1. The highest BCUT2D eigenvalue weighted by molar-refractivity contribution is 5.75. The van der Waals surface area contributed by atoms with Crippen molar-refractivity contribution in [2.45, 2.75) is 32.0 Å². The zero-order valence-corrected chi connectivity index (χ0v) is 15.1. The maximum Gasteiger partial charge on any atom is 0.328 e. The minimum absolute atomic E-state index is 0.0182. The minimum atomic E-state index is -0.489. The molecule has 7 nitrogen and oxygen atoms in total. The van der Waals surface area contributed by atoms with Gasteiger partial charge in [0.1, 0.15) is 0 Å². The molecule has 0 bridgehead atoms. The molecule has 2 aromatic rings. The largest absolute Gasteiger partial charge is 0.344 e. The van der Waals surface area contributed by atoms with E-state index in [1.165, 1.54) is 28.0 Å². The third kappa shape index (κ3) is 4.11. The number of H-pyrrole nitrogens is 1. The van der Waals surface area contributed by atoms with Crippen LogP contribution in [0.1, 0.15) is 17.5 Å². The number of carbonyl (C=O) groups excluding carboxylic acids is 1. The fourth-order valence-corrected chi connectivity index (χ4v) is 3.37. The lowest BCUT2D eigenvalue weighted by Crippen LogP contribution is -2.46. The highest BCUT2D eigenvalue weighted by atomic mass is 16.2. The van der Waals surface area contributed by atoms with E-state index in [0.29, 0.717) is 6.54 Å². The second-order valence-corrected chi connectivity index (χ2v) is 6.87. The number of aromatic nitrogens is 2. The summed E-state index contributed by atoms with van der Waals surface area (Å²) < 4.78 is 1.34. The van der Waals surface area contributed by atoms with Crippen molar-refractivity contribution >= 4 is 5.91 Å². The molecule has 0 saturated carbocycles. The smallest absolute Gasteiger partial charge is 0.328 e. The Kier molecular flexibility index (Phi) is 5.37. The number of aryl methyl sites for hydroxylation is 1. The fourth-order valence-electron chi connectivity index (χ4n) is 3.37. The maximum atomic E-state index is 12.4. The Morgan fingerprint density at radius 1 is 1.23 bits per heavy atom. The van der Waals surface area contributed by atoms with Crippen LogP contribution in [0, 0.1) is 0 Å². The van der Waals surface area contributed by atoms with Gasteiger partial charge in [-0.05, 0) is 24.6 Å². The van der Waals surface area contributed by atoms with Gasteiger partial charge < -0.3 is 9.47 Å². The van der Waals surface area contributed by atoms with Gasteiger partial charge in [-0.25, -0.2) is 4.79 Å². The Hall–Kier alpha value is -2.67. The normalized spacial score (nSPS) is 16.9. The van der Waals surface area contributed by atoms with Crippen LogP contribution in [0.5, 0.6) is 0 Å². The van der Waals surface area contributed by atoms with Gasteiger partial charge in [0.05, 0.1) is 0 Å². The molecular formula is C19H24N4O3.